The lowest BCUT2D eigenvalue weighted by Crippen LogP contribution is -2.13. The number of rotatable bonds is 5. The molecule has 1 saturated carbocycles. The Balaban J connectivity index is 1.71. The largest absolute Gasteiger partial charge is 0.478 e. The molecule has 0 aromatic carbocycles. The molecule has 17 heavy (non-hydrogen) atoms. The Kier molecular flexibility index (Phi) is 4.20. The maximum Gasteiger partial charge on any atom is 0.338 e. The van der Waals surface area contributed by atoms with Crippen molar-refractivity contribution in [2.75, 3.05) is 6.61 Å². The lowest BCUT2D eigenvalue weighted by atomic mass is 9.90. The predicted octanol–water partition coefficient (Wildman–Crippen LogP) is 3.07. The predicted molar refractivity (Wildman–Crippen MR) is 61.9 cm³/mol. The molecule has 2 rings (SSSR count). The summed E-state index contributed by atoms with van der Waals surface area (Å²) < 4.78 is 10.7. The van der Waals surface area contributed by atoms with Crippen LogP contribution in [0, 0.1) is 5.92 Å². The maximum atomic E-state index is 10.6. The van der Waals surface area contributed by atoms with Crippen LogP contribution in [0.2, 0.25) is 0 Å². The lowest BCUT2D eigenvalue weighted by molar-refractivity contribution is 0.0637. The van der Waals surface area contributed by atoms with Crippen molar-refractivity contribution >= 4 is 5.97 Å². The van der Waals surface area contributed by atoms with Crippen LogP contribution in [-0.2, 0) is 11.3 Å². The molecule has 0 saturated heterocycles. The van der Waals surface area contributed by atoms with Crippen molar-refractivity contribution in [3.63, 3.8) is 0 Å². The van der Waals surface area contributed by atoms with Gasteiger partial charge in [-0.1, -0.05) is 19.3 Å². The van der Waals surface area contributed by atoms with Gasteiger partial charge in [0.05, 0.1) is 5.56 Å². The van der Waals surface area contributed by atoms with Crippen molar-refractivity contribution in [3.8, 4) is 0 Å². The van der Waals surface area contributed by atoms with E-state index in [1.165, 1.54) is 44.4 Å². The van der Waals surface area contributed by atoms with E-state index in [9.17, 15) is 4.79 Å². The highest BCUT2D eigenvalue weighted by atomic mass is 16.5. The molecular formula is C13H18O4. The smallest absolute Gasteiger partial charge is 0.338 e. The molecule has 4 heteroatoms. The van der Waals surface area contributed by atoms with E-state index in [2.05, 4.69) is 0 Å². The van der Waals surface area contributed by atoms with Crippen LogP contribution in [0.3, 0.4) is 0 Å². The van der Waals surface area contributed by atoms with Gasteiger partial charge in [0.25, 0.3) is 0 Å². The standard InChI is InChI=1S/C13H18O4/c14-13(15)11-6-12(17-8-11)9-16-7-10-4-2-1-3-5-10/h6,8,10H,1-5,7,9H2,(H,14,15). The van der Waals surface area contributed by atoms with Gasteiger partial charge in [-0.15, -0.1) is 0 Å². The molecule has 0 radical (unpaired) electrons. The van der Waals surface area contributed by atoms with Crippen LogP contribution >= 0.6 is 0 Å². The zero-order valence-electron chi connectivity index (χ0n) is 9.85. The highest BCUT2D eigenvalue weighted by molar-refractivity contribution is 5.87. The number of ether oxygens (including phenoxy) is 1. The summed E-state index contributed by atoms with van der Waals surface area (Å²) in [7, 11) is 0. The third-order valence-corrected chi connectivity index (χ3v) is 3.22. The molecule has 0 unspecified atom stereocenters. The summed E-state index contributed by atoms with van der Waals surface area (Å²) in [5.41, 5.74) is 0.182. The Morgan fingerprint density at radius 3 is 2.82 bits per heavy atom. The normalized spacial score (nSPS) is 17.2. The van der Waals surface area contributed by atoms with Gasteiger partial charge in [0.2, 0.25) is 0 Å². The van der Waals surface area contributed by atoms with Gasteiger partial charge in [0, 0.05) is 6.61 Å². The maximum absolute atomic E-state index is 10.6. The van der Waals surface area contributed by atoms with Crippen LogP contribution in [0.25, 0.3) is 0 Å². The minimum atomic E-state index is -0.965. The molecule has 1 N–H and O–H groups in total. The van der Waals surface area contributed by atoms with Crippen LogP contribution in [0.4, 0.5) is 0 Å². The van der Waals surface area contributed by atoms with Gasteiger partial charge >= 0.3 is 5.97 Å². The molecule has 0 bridgehead atoms. The van der Waals surface area contributed by atoms with Crippen molar-refractivity contribution in [3.05, 3.63) is 23.7 Å². The summed E-state index contributed by atoms with van der Waals surface area (Å²) in [4.78, 5) is 10.6. The fraction of sp³-hybridized carbons (Fsp3) is 0.615. The number of carboxylic acid groups (broad SMARTS) is 1. The van der Waals surface area contributed by atoms with E-state index in [4.69, 9.17) is 14.3 Å². The van der Waals surface area contributed by atoms with Crippen molar-refractivity contribution in [1.29, 1.82) is 0 Å². The monoisotopic (exact) mass is 238 g/mol. The summed E-state index contributed by atoms with van der Waals surface area (Å²) in [5, 5.41) is 8.73. The Labute approximate surface area is 101 Å². The van der Waals surface area contributed by atoms with E-state index in [1.54, 1.807) is 0 Å². The third-order valence-electron chi connectivity index (χ3n) is 3.22. The van der Waals surface area contributed by atoms with Crippen LogP contribution in [0.15, 0.2) is 16.7 Å². The van der Waals surface area contributed by atoms with Gasteiger partial charge < -0.3 is 14.3 Å². The van der Waals surface area contributed by atoms with E-state index in [1.807, 2.05) is 0 Å². The molecule has 1 aliphatic rings. The molecule has 0 atom stereocenters. The molecule has 4 nitrogen and oxygen atoms in total. The number of furan rings is 1. The second-order valence-corrected chi connectivity index (χ2v) is 4.63. The first-order valence-corrected chi connectivity index (χ1v) is 6.14. The number of hydrogen-bond acceptors (Lipinski definition) is 3. The van der Waals surface area contributed by atoms with Crippen LogP contribution in [0.5, 0.6) is 0 Å². The van der Waals surface area contributed by atoms with E-state index in [-0.39, 0.29) is 5.56 Å². The molecule has 1 heterocycles. The zero-order chi connectivity index (χ0) is 12.1. The molecule has 1 aromatic heterocycles. The van der Waals surface area contributed by atoms with Gasteiger partial charge in [0.1, 0.15) is 18.6 Å². The second-order valence-electron chi connectivity index (χ2n) is 4.63. The van der Waals surface area contributed by atoms with Crippen molar-refractivity contribution < 1.29 is 19.1 Å². The quantitative estimate of drug-likeness (QED) is 0.856. The molecule has 0 amide bonds. The van der Waals surface area contributed by atoms with Gasteiger partial charge in [-0.2, -0.15) is 0 Å². The van der Waals surface area contributed by atoms with E-state index < -0.39 is 5.97 Å². The molecule has 0 aliphatic heterocycles. The molecule has 1 fully saturated rings. The number of aromatic carboxylic acids is 1. The third kappa shape index (κ3) is 3.60. The summed E-state index contributed by atoms with van der Waals surface area (Å²) in [6, 6.07) is 1.52. The minimum absolute atomic E-state index is 0.182. The molecular weight excluding hydrogens is 220 g/mol. The number of carboxylic acids is 1. The summed E-state index contributed by atoms with van der Waals surface area (Å²) in [6.45, 7) is 1.12. The fourth-order valence-corrected chi connectivity index (χ4v) is 2.25. The summed E-state index contributed by atoms with van der Waals surface area (Å²) in [6.07, 6.45) is 7.70. The van der Waals surface area contributed by atoms with Gasteiger partial charge in [-0.3, -0.25) is 0 Å². The second kappa shape index (κ2) is 5.87. The number of carbonyl (C=O) groups is 1. The zero-order valence-corrected chi connectivity index (χ0v) is 9.85. The fourth-order valence-electron chi connectivity index (χ4n) is 2.25. The Hall–Kier alpha value is -1.29. The van der Waals surface area contributed by atoms with Crippen LogP contribution < -0.4 is 0 Å². The average molecular weight is 238 g/mol. The van der Waals surface area contributed by atoms with Crippen LogP contribution in [-0.4, -0.2) is 17.7 Å². The SMILES string of the molecule is O=C(O)c1coc(COCC2CCCCC2)c1. The van der Waals surface area contributed by atoms with E-state index in [0.29, 0.717) is 18.3 Å². The minimum Gasteiger partial charge on any atom is -0.478 e. The first-order valence-electron chi connectivity index (χ1n) is 6.14. The molecule has 0 spiro atoms. The first kappa shape index (κ1) is 12.2. The van der Waals surface area contributed by atoms with E-state index in [0.717, 1.165) is 6.61 Å². The highest BCUT2D eigenvalue weighted by Crippen LogP contribution is 2.24. The van der Waals surface area contributed by atoms with Crippen molar-refractivity contribution in [2.24, 2.45) is 5.92 Å². The van der Waals surface area contributed by atoms with Gasteiger partial charge in [0.15, 0.2) is 0 Å². The van der Waals surface area contributed by atoms with Gasteiger partial charge in [-0.05, 0) is 24.8 Å². The molecule has 1 aromatic rings. The summed E-state index contributed by atoms with van der Waals surface area (Å²) >= 11 is 0. The Bertz CT molecular complexity index is 363. The first-order chi connectivity index (χ1) is 8.25. The number of hydrogen-bond donors (Lipinski definition) is 1. The molecule has 1 aliphatic carbocycles. The highest BCUT2D eigenvalue weighted by Gasteiger charge is 2.14. The van der Waals surface area contributed by atoms with E-state index >= 15 is 0 Å². The van der Waals surface area contributed by atoms with Crippen LogP contribution in [0.1, 0.15) is 48.2 Å². The Morgan fingerprint density at radius 1 is 1.41 bits per heavy atom. The van der Waals surface area contributed by atoms with Crippen molar-refractivity contribution in [2.45, 2.75) is 38.7 Å². The molecule has 94 valence electrons. The van der Waals surface area contributed by atoms with Crippen molar-refractivity contribution in [1.82, 2.24) is 0 Å². The topological polar surface area (TPSA) is 59.7 Å². The lowest BCUT2D eigenvalue weighted by Gasteiger charge is -2.20. The average Bonchev–Trinajstić information content (AvgIpc) is 2.79. The summed E-state index contributed by atoms with van der Waals surface area (Å²) in [5.74, 6) is 0.281. The van der Waals surface area contributed by atoms with Gasteiger partial charge in [-0.25, -0.2) is 4.79 Å². The Morgan fingerprint density at radius 2 is 2.18 bits per heavy atom.